The van der Waals surface area contributed by atoms with Crippen molar-refractivity contribution in [2.75, 3.05) is 0 Å². The lowest BCUT2D eigenvalue weighted by Gasteiger charge is -2.11. The van der Waals surface area contributed by atoms with Gasteiger partial charge in [0.15, 0.2) is 0 Å². The molecule has 1 aliphatic carbocycles. The third-order valence-electron chi connectivity index (χ3n) is 3.74. The summed E-state index contributed by atoms with van der Waals surface area (Å²) in [6.07, 6.45) is -0.191. The molecular weight excluding hydrogens is 279 g/mol. The summed E-state index contributed by atoms with van der Waals surface area (Å²) < 4.78 is 38.5. The van der Waals surface area contributed by atoms with Crippen LogP contribution in [-0.2, 0) is 6.18 Å². The lowest BCUT2D eigenvalue weighted by atomic mass is 9.96. The van der Waals surface area contributed by atoms with Crippen molar-refractivity contribution >= 4 is 11.3 Å². The van der Waals surface area contributed by atoms with Crippen LogP contribution in [0.25, 0.3) is 5.57 Å². The van der Waals surface area contributed by atoms with Gasteiger partial charge in [0.1, 0.15) is 0 Å². The number of allylic oxidation sites excluding steroid dienone is 2. The largest absolute Gasteiger partial charge is 0.416 e. The van der Waals surface area contributed by atoms with Crippen LogP contribution >= 0.6 is 0 Å². The summed E-state index contributed by atoms with van der Waals surface area (Å²) >= 11 is 0. The molecule has 0 amide bonds. The first-order valence-electron chi connectivity index (χ1n) is 7.08. The zero-order valence-corrected chi connectivity index (χ0v) is 11.9. The minimum absolute atomic E-state index is 0.487. The van der Waals surface area contributed by atoms with Crippen LogP contribution in [-0.4, -0.2) is 10.9 Å². The van der Waals surface area contributed by atoms with Gasteiger partial charge in [-0.15, -0.1) is 0 Å². The Morgan fingerprint density at radius 2 is 2.00 bits per heavy atom. The smallest absolute Gasteiger partial charge is 0.411 e. The number of benzene rings is 1. The van der Waals surface area contributed by atoms with Crippen LogP contribution in [0.2, 0.25) is 0 Å². The Kier molecular flexibility index (Phi) is 4.70. The number of nitrogens with zero attached hydrogens (tertiary/aromatic N) is 1. The van der Waals surface area contributed by atoms with E-state index in [1.165, 1.54) is 6.07 Å². The van der Waals surface area contributed by atoms with Crippen molar-refractivity contribution < 1.29 is 18.4 Å². The molecule has 2 nitrogen and oxygen atoms in total. The molecule has 5 heteroatoms. The van der Waals surface area contributed by atoms with E-state index in [0.29, 0.717) is 23.3 Å². The van der Waals surface area contributed by atoms with Crippen LogP contribution in [0, 0.1) is 0 Å². The van der Waals surface area contributed by atoms with Crippen LogP contribution in [0.15, 0.2) is 35.0 Å². The van der Waals surface area contributed by atoms with Crippen molar-refractivity contribution in [3.05, 3.63) is 41.0 Å². The van der Waals surface area contributed by atoms with Crippen LogP contribution in [0.3, 0.4) is 0 Å². The molecule has 0 aliphatic heterocycles. The molecule has 114 valence electrons. The fourth-order valence-corrected chi connectivity index (χ4v) is 2.69. The van der Waals surface area contributed by atoms with Crippen molar-refractivity contribution in [1.82, 2.24) is 0 Å². The van der Waals surface area contributed by atoms with Gasteiger partial charge in [0, 0.05) is 5.57 Å². The van der Waals surface area contributed by atoms with E-state index >= 15 is 0 Å². The number of hydrogen-bond donors (Lipinski definition) is 1. The third kappa shape index (κ3) is 3.46. The highest BCUT2D eigenvalue weighted by Crippen LogP contribution is 2.37. The number of hydrogen-bond acceptors (Lipinski definition) is 2. The maximum atomic E-state index is 12.8. The Balaban J connectivity index is 2.45. The molecule has 0 fully saturated rings. The van der Waals surface area contributed by atoms with E-state index in [4.69, 9.17) is 5.21 Å². The van der Waals surface area contributed by atoms with Gasteiger partial charge >= 0.3 is 6.18 Å². The second-order valence-corrected chi connectivity index (χ2v) is 5.21. The zero-order valence-electron chi connectivity index (χ0n) is 11.9. The van der Waals surface area contributed by atoms with Crippen molar-refractivity contribution in [1.29, 1.82) is 0 Å². The van der Waals surface area contributed by atoms with Crippen LogP contribution in [0.4, 0.5) is 13.2 Å². The van der Waals surface area contributed by atoms with Gasteiger partial charge in [-0.1, -0.05) is 36.2 Å². The molecular formula is C16H18F3NO. The molecule has 0 spiro atoms. The van der Waals surface area contributed by atoms with E-state index in [2.05, 4.69) is 12.1 Å². The van der Waals surface area contributed by atoms with Gasteiger partial charge in [-0.25, -0.2) is 0 Å². The van der Waals surface area contributed by atoms with Crippen molar-refractivity contribution in [3.63, 3.8) is 0 Å². The second-order valence-electron chi connectivity index (χ2n) is 5.21. The fourth-order valence-electron chi connectivity index (χ4n) is 2.69. The Bertz CT molecular complexity index is 573. The molecule has 0 radical (unpaired) electrons. The average Bonchev–Trinajstić information content (AvgIpc) is 2.87. The molecule has 0 saturated carbocycles. The fraction of sp³-hybridized carbons (Fsp3) is 0.438. The van der Waals surface area contributed by atoms with Crippen LogP contribution in [0.1, 0.15) is 50.2 Å². The standard InChI is InChI=1S/C16H18F3NO/c1-2-3-5-11-8-9-14(20-21)15(11)12-6-4-7-13(10-12)16(17,18)19/h4,6-7,10,21H,2-3,5,8-9H2,1H3. The Morgan fingerprint density at radius 1 is 1.24 bits per heavy atom. The first-order chi connectivity index (χ1) is 9.97. The van der Waals surface area contributed by atoms with E-state index in [-0.39, 0.29) is 0 Å². The van der Waals surface area contributed by atoms with Crippen LogP contribution < -0.4 is 0 Å². The predicted octanol–water partition coefficient (Wildman–Crippen LogP) is 5.27. The number of rotatable bonds is 4. The number of unbranched alkanes of at least 4 members (excludes halogenated alkanes) is 1. The third-order valence-corrected chi connectivity index (χ3v) is 3.74. The number of oxime groups is 1. The highest BCUT2D eigenvalue weighted by Gasteiger charge is 2.31. The van der Waals surface area contributed by atoms with Crippen molar-refractivity contribution in [2.45, 2.75) is 45.2 Å². The van der Waals surface area contributed by atoms with Gasteiger partial charge < -0.3 is 5.21 Å². The molecule has 0 aromatic heterocycles. The van der Waals surface area contributed by atoms with Crippen molar-refractivity contribution in [2.24, 2.45) is 5.16 Å². The van der Waals surface area contributed by atoms with E-state index in [0.717, 1.165) is 43.4 Å². The van der Waals surface area contributed by atoms with E-state index < -0.39 is 11.7 Å². The van der Waals surface area contributed by atoms with E-state index in [9.17, 15) is 13.2 Å². The van der Waals surface area contributed by atoms with Gasteiger partial charge in [0.2, 0.25) is 0 Å². The molecule has 1 N–H and O–H groups in total. The number of alkyl halides is 3. The van der Waals surface area contributed by atoms with Gasteiger partial charge in [0.25, 0.3) is 0 Å². The molecule has 1 aromatic carbocycles. The SMILES string of the molecule is CCCCC1=C(c2cccc(C(F)(F)F)c2)C(=NO)CC1. The lowest BCUT2D eigenvalue weighted by Crippen LogP contribution is -2.06. The van der Waals surface area contributed by atoms with E-state index in [1.54, 1.807) is 6.07 Å². The molecule has 0 heterocycles. The maximum absolute atomic E-state index is 12.8. The molecule has 0 saturated heterocycles. The van der Waals surface area contributed by atoms with Gasteiger partial charge in [-0.2, -0.15) is 13.2 Å². The topological polar surface area (TPSA) is 32.6 Å². The van der Waals surface area contributed by atoms with E-state index in [1.807, 2.05) is 0 Å². The lowest BCUT2D eigenvalue weighted by molar-refractivity contribution is -0.137. The molecule has 1 aliphatic rings. The summed E-state index contributed by atoms with van der Waals surface area (Å²) in [6.45, 7) is 2.07. The summed E-state index contributed by atoms with van der Waals surface area (Å²) in [5.74, 6) is 0. The maximum Gasteiger partial charge on any atom is 0.416 e. The zero-order chi connectivity index (χ0) is 15.5. The quantitative estimate of drug-likeness (QED) is 0.595. The monoisotopic (exact) mass is 297 g/mol. The molecule has 1 aromatic rings. The summed E-state index contributed by atoms with van der Waals surface area (Å²) in [7, 11) is 0. The molecule has 21 heavy (non-hydrogen) atoms. The predicted molar refractivity (Wildman–Crippen MR) is 76.3 cm³/mol. The summed E-state index contributed by atoms with van der Waals surface area (Å²) in [6, 6.07) is 5.24. The minimum atomic E-state index is -4.37. The Morgan fingerprint density at radius 3 is 2.62 bits per heavy atom. The first kappa shape index (κ1) is 15.6. The Hall–Kier alpha value is -1.78. The summed E-state index contributed by atoms with van der Waals surface area (Å²) in [5, 5.41) is 12.4. The molecule has 2 rings (SSSR count). The molecule has 0 atom stereocenters. The van der Waals surface area contributed by atoms with Gasteiger partial charge in [0.05, 0.1) is 11.3 Å². The molecule has 0 unspecified atom stereocenters. The summed E-state index contributed by atoms with van der Waals surface area (Å²) in [4.78, 5) is 0. The normalized spacial score (nSPS) is 17.8. The summed E-state index contributed by atoms with van der Waals surface area (Å²) in [5.41, 5.74) is 2.08. The van der Waals surface area contributed by atoms with Crippen LogP contribution in [0.5, 0.6) is 0 Å². The first-order valence-corrected chi connectivity index (χ1v) is 7.08. The highest BCUT2D eigenvalue weighted by molar-refractivity contribution is 6.26. The van der Waals surface area contributed by atoms with Crippen molar-refractivity contribution in [3.8, 4) is 0 Å². The van der Waals surface area contributed by atoms with Gasteiger partial charge in [-0.05, 0) is 43.4 Å². The highest BCUT2D eigenvalue weighted by atomic mass is 19.4. The van der Waals surface area contributed by atoms with Gasteiger partial charge in [-0.3, -0.25) is 0 Å². The molecule has 0 bridgehead atoms. The Labute approximate surface area is 122 Å². The minimum Gasteiger partial charge on any atom is -0.411 e. The average molecular weight is 297 g/mol. The second kappa shape index (κ2) is 6.33. The number of halogens is 3.